The lowest BCUT2D eigenvalue weighted by atomic mass is 10.2. The average Bonchev–Trinajstić information content (AvgIpc) is 2.30. The molecular weight excluding hydrogens is 172 g/mol. The van der Waals surface area contributed by atoms with Gasteiger partial charge in [-0.3, -0.25) is 0 Å². The maximum Gasteiger partial charge on any atom is 0.0641 e. The average molecular weight is 188 g/mol. The van der Waals surface area contributed by atoms with Crippen LogP contribution >= 0.6 is 0 Å². The van der Waals surface area contributed by atoms with E-state index >= 15 is 0 Å². The summed E-state index contributed by atoms with van der Waals surface area (Å²) in [5.41, 5.74) is 2.46. The van der Waals surface area contributed by atoms with Crippen LogP contribution in [-0.4, -0.2) is 13.6 Å². The molecule has 0 saturated carbocycles. The van der Waals surface area contributed by atoms with Gasteiger partial charge in [-0.15, -0.1) is 0 Å². The molecule has 0 amide bonds. The number of nitrogens with one attached hydrogen (secondary N) is 1. The number of hydrogen-bond donors (Lipinski definition) is 1. The SMILES string of the molecule is CNc1ccccc1N1C=CCCC1. The first kappa shape index (κ1) is 9.13. The standard InChI is InChI=1S/C12H16N2/c1-13-11-7-3-4-8-12(11)14-9-5-2-6-10-14/h3-5,7-9,13H,2,6,10H2,1H3. The van der Waals surface area contributed by atoms with Crippen LogP contribution in [0.2, 0.25) is 0 Å². The second-order valence-corrected chi connectivity index (χ2v) is 3.49. The molecule has 1 aliphatic heterocycles. The molecule has 1 aromatic carbocycles. The predicted octanol–water partition coefficient (Wildman–Crippen LogP) is 2.84. The first-order chi connectivity index (χ1) is 6.92. The van der Waals surface area contributed by atoms with E-state index in [9.17, 15) is 0 Å². The Kier molecular flexibility index (Phi) is 2.73. The summed E-state index contributed by atoms with van der Waals surface area (Å²) in [6.07, 6.45) is 6.86. The van der Waals surface area contributed by atoms with Crippen molar-refractivity contribution in [2.24, 2.45) is 0 Å². The Morgan fingerprint density at radius 1 is 1.29 bits per heavy atom. The van der Waals surface area contributed by atoms with Gasteiger partial charge in [0.25, 0.3) is 0 Å². The zero-order valence-corrected chi connectivity index (χ0v) is 8.53. The maximum absolute atomic E-state index is 3.22. The summed E-state index contributed by atoms with van der Waals surface area (Å²) in [4.78, 5) is 2.30. The second-order valence-electron chi connectivity index (χ2n) is 3.49. The van der Waals surface area contributed by atoms with Crippen molar-refractivity contribution < 1.29 is 0 Å². The van der Waals surface area contributed by atoms with Crippen LogP contribution in [0.1, 0.15) is 12.8 Å². The molecule has 1 aromatic rings. The van der Waals surface area contributed by atoms with Gasteiger partial charge >= 0.3 is 0 Å². The van der Waals surface area contributed by atoms with Gasteiger partial charge < -0.3 is 10.2 Å². The highest BCUT2D eigenvalue weighted by molar-refractivity contribution is 5.71. The Balaban J connectivity index is 2.29. The minimum Gasteiger partial charge on any atom is -0.386 e. The van der Waals surface area contributed by atoms with Crippen LogP contribution < -0.4 is 10.2 Å². The summed E-state index contributed by atoms with van der Waals surface area (Å²) < 4.78 is 0. The molecule has 74 valence electrons. The van der Waals surface area contributed by atoms with Crippen molar-refractivity contribution in [3.05, 3.63) is 36.5 Å². The lowest BCUT2D eigenvalue weighted by Gasteiger charge is -2.25. The molecule has 0 atom stereocenters. The monoisotopic (exact) mass is 188 g/mol. The predicted molar refractivity (Wildman–Crippen MR) is 61.7 cm³/mol. The van der Waals surface area contributed by atoms with Gasteiger partial charge in [0.2, 0.25) is 0 Å². The van der Waals surface area contributed by atoms with Crippen molar-refractivity contribution >= 4 is 11.4 Å². The zero-order valence-electron chi connectivity index (χ0n) is 8.53. The van der Waals surface area contributed by atoms with E-state index in [1.54, 1.807) is 0 Å². The van der Waals surface area contributed by atoms with Gasteiger partial charge in [-0.1, -0.05) is 18.2 Å². The molecule has 0 saturated heterocycles. The van der Waals surface area contributed by atoms with Crippen LogP contribution in [-0.2, 0) is 0 Å². The van der Waals surface area contributed by atoms with Gasteiger partial charge in [-0.2, -0.15) is 0 Å². The third kappa shape index (κ3) is 1.74. The fourth-order valence-electron chi connectivity index (χ4n) is 1.79. The topological polar surface area (TPSA) is 15.3 Å². The number of hydrogen-bond acceptors (Lipinski definition) is 2. The summed E-state index contributed by atoms with van der Waals surface area (Å²) >= 11 is 0. The van der Waals surface area contributed by atoms with E-state index in [0.717, 1.165) is 6.54 Å². The fraction of sp³-hybridized carbons (Fsp3) is 0.333. The minimum absolute atomic E-state index is 1.12. The third-order valence-electron chi connectivity index (χ3n) is 2.54. The lowest BCUT2D eigenvalue weighted by Crippen LogP contribution is -2.20. The van der Waals surface area contributed by atoms with Gasteiger partial charge in [0.05, 0.1) is 11.4 Å². The van der Waals surface area contributed by atoms with E-state index in [2.05, 4.69) is 46.8 Å². The number of benzene rings is 1. The van der Waals surface area contributed by atoms with E-state index in [-0.39, 0.29) is 0 Å². The van der Waals surface area contributed by atoms with Crippen LogP contribution in [0.15, 0.2) is 36.5 Å². The van der Waals surface area contributed by atoms with Crippen LogP contribution in [0.3, 0.4) is 0 Å². The van der Waals surface area contributed by atoms with Crippen LogP contribution in [0, 0.1) is 0 Å². The summed E-state index contributed by atoms with van der Waals surface area (Å²) in [5.74, 6) is 0. The molecule has 2 rings (SSSR count). The number of anilines is 2. The van der Waals surface area contributed by atoms with Crippen molar-refractivity contribution in [1.29, 1.82) is 0 Å². The molecular formula is C12H16N2. The molecule has 0 aromatic heterocycles. The van der Waals surface area contributed by atoms with E-state index < -0.39 is 0 Å². The summed E-state index contributed by atoms with van der Waals surface area (Å²) in [6.45, 7) is 1.12. The van der Waals surface area contributed by atoms with E-state index in [1.807, 2.05) is 7.05 Å². The van der Waals surface area contributed by atoms with Crippen molar-refractivity contribution in [3.8, 4) is 0 Å². The van der Waals surface area contributed by atoms with Crippen molar-refractivity contribution in [2.45, 2.75) is 12.8 Å². The molecule has 1 aliphatic rings. The van der Waals surface area contributed by atoms with Gasteiger partial charge in [0.1, 0.15) is 0 Å². The molecule has 0 radical (unpaired) electrons. The number of para-hydroxylation sites is 2. The Hall–Kier alpha value is -1.44. The molecule has 0 fully saturated rings. The van der Waals surface area contributed by atoms with Gasteiger partial charge in [0.15, 0.2) is 0 Å². The first-order valence-electron chi connectivity index (χ1n) is 5.12. The highest BCUT2D eigenvalue weighted by atomic mass is 15.1. The van der Waals surface area contributed by atoms with Gasteiger partial charge in [-0.25, -0.2) is 0 Å². The number of nitrogens with zero attached hydrogens (tertiary/aromatic N) is 1. The highest BCUT2D eigenvalue weighted by Gasteiger charge is 2.08. The zero-order chi connectivity index (χ0) is 9.80. The summed E-state index contributed by atoms with van der Waals surface area (Å²) in [6, 6.07) is 8.40. The second kappa shape index (κ2) is 4.18. The number of rotatable bonds is 2. The Morgan fingerprint density at radius 2 is 2.14 bits per heavy atom. The van der Waals surface area contributed by atoms with E-state index in [4.69, 9.17) is 0 Å². The fourth-order valence-corrected chi connectivity index (χ4v) is 1.79. The third-order valence-corrected chi connectivity index (χ3v) is 2.54. The molecule has 0 unspecified atom stereocenters. The van der Waals surface area contributed by atoms with Crippen LogP contribution in [0.5, 0.6) is 0 Å². The quantitative estimate of drug-likeness (QED) is 0.767. The van der Waals surface area contributed by atoms with Crippen LogP contribution in [0.25, 0.3) is 0 Å². The van der Waals surface area contributed by atoms with E-state index in [1.165, 1.54) is 24.2 Å². The normalized spacial score (nSPS) is 15.6. The molecule has 0 bridgehead atoms. The Bertz CT molecular complexity index is 331. The largest absolute Gasteiger partial charge is 0.386 e. The van der Waals surface area contributed by atoms with Crippen molar-refractivity contribution in [2.75, 3.05) is 23.8 Å². The molecule has 0 spiro atoms. The Morgan fingerprint density at radius 3 is 2.86 bits per heavy atom. The van der Waals surface area contributed by atoms with Crippen LogP contribution in [0.4, 0.5) is 11.4 Å². The molecule has 2 heteroatoms. The smallest absolute Gasteiger partial charge is 0.0641 e. The summed E-state index contributed by atoms with van der Waals surface area (Å²) in [5, 5.41) is 3.22. The van der Waals surface area contributed by atoms with Gasteiger partial charge in [0, 0.05) is 19.8 Å². The summed E-state index contributed by atoms with van der Waals surface area (Å²) in [7, 11) is 1.96. The molecule has 14 heavy (non-hydrogen) atoms. The molecule has 0 aliphatic carbocycles. The van der Waals surface area contributed by atoms with Crippen molar-refractivity contribution in [3.63, 3.8) is 0 Å². The lowest BCUT2D eigenvalue weighted by molar-refractivity contribution is 0.787. The highest BCUT2D eigenvalue weighted by Crippen LogP contribution is 2.26. The minimum atomic E-state index is 1.12. The molecule has 1 heterocycles. The molecule has 1 N–H and O–H groups in total. The maximum atomic E-state index is 3.22. The van der Waals surface area contributed by atoms with Gasteiger partial charge in [-0.05, 0) is 25.0 Å². The Labute approximate surface area is 85.2 Å². The van der Waals surface area contributed by atoms with Crippen molar-refractivity contribution in [1.82, 2.24) is 0 Å². The van der Waals surface area contributed by atoms with E-state index in [0.29, 0.717) is 0 Å². The number of allylic oxidation sites excluding steroid dienone is 1. The molecule has 2 nitrogen and oxygen atoms in total. The first-order valence-corrected chi connectivity index (χ1v) is 5.12.